The second kappa shape index (κ2) is 5.26. The van der Waals surface area contributed by atoms with Gasteiger partial charge in [0, 0.05) is 25.0 Å². The number of benzene rings is 1. The third-order valence-corrected chi connectivity index (χ3v) is 5.23. The first-order chi connectivity index (χ1) is 9.21. The Bertz CT molecular complexity index is 415. The highest BCUT2D eigenvalue weighted by Gasteiger charge is 2.46. The highest BCUT2D eigenvalue weighted by atomic mass is 15.2. The Hall–Kier alpha value is -0.860. The van der Waals surface area contributed by atoms with Gasteiger partial charge in [-0.2, -0.15) is 0 Å². The number of nitrogens with zero attached hydrogens (tertiary/aromatic N) is 1. The summed E-state index contributed by atoms with van der Waals surface area (Å²) in [6, 6.07) is 11.8. The number of hydrogen-bond donors (Lipinski definition) is 1. The van der Waals surface area contributed by atoms with Crippen LogP contribution in [0.25, 0.3) is 0 Å². The van der Waals surface area contributed by atoms with E-state index < -0.39 is 0 Å². The maximum absolute atomic E-state index is 3.61. The molecule has 2 aliphatic rings. The van der Waals surface area contributed by atoms with Gasteiger partial charge in [-0.05, 0) is 50.8 Å². The molecule has 0 amide bonds. The van der Waals surface area contributed by atoms with Gasteiger partial charge in [0.15, 0.2) is 0 Å². The fourth-order valence-electron chi connectivity index (χ4n) is 3.99. The summed E-state index contributed by atoms with van der Waals surface area (Å²) in [5, 5.41) is 3.61. The molecule has 3 rings (SSSR count). The van der Waals surface area contributed by atoms with Crippen LogP contribution >= 0.6 is 0 Å². The zero-order chi connectivity index (χ0) is 13.3. The molecule has 2 atom stereocenters. The van der Waals surface area contributed by atoms with Crippen molar-refractivity contribution in [2.75, 3.05) is 26.2 Å². The van der Waals surface area contributed by atoms with Crippen LogP contribution in [-0.2, 0) is 0 Å². The van der Waals surface area contributed by atoms with Crippen molar-refractivity contribution < 1.29 is 0 Å². The summed E-state index contributed by atoms with van der Waals surface area (Å²) in [4.78, 5) is 2.67. The molecule has 2 aliphatic heterocycles. The molecule has 2 saturated heterocycles. The molecule has 1 N–H and O–H groups in total. The molecule has 0 aliphatic carbocycles. The fraction of sp³-hybridized carbons (Fsp3) is 0.647. The van der Waals surface area contributed by atoms with E-state index in [-0.39, 0.29) is 0 Å². The Morgan fingerprint density at radius 3 is 2.68 bits per heavy atom. The molecule has 2 unspecified atom stereocenters. The Labute approximate surface area is 117 Å². The highest BCUT2D eigenvalue weighted by Crippen LogP contribution is 2.47. The van der Waals surface area contributed by atoms with Gasteiger partial charge in [0.05, 0.1) is 0 Å². The Morgan fingerprint density at radius 1 is 1.21 bits per heavy atom. The van der Waals surface area contributed by atoms with E-state index in [2.05, 4.69) is 54.4 Å². The SMILES string of the molecule is CC(C)N1CCC2(CCNCC2c2ccccc2)C1. The average molecular weight is 258 g/mol. The van der Waals surface area contributed by atoms with Crippen LogP contribution in [0.1, 0.15) is 38.2 Å². The summed E-state index contributed by atoms with van der Waals surface area (Å²) in [5.74, 6) is 0.686. The largest absolute Gasteiger partial charge is 0.316 e. The molecule has 19 heavy (non-hydrogen) atoms. The van der Waals surface area contributed by atoms with E-state index in [4.69, 9.17) is 0 Å². The minimum atomic E-state index is 0.511. The first-order valence-electron chi connectivity index (χ1n) is 7.71. The summed E-state index contributed by atoms with van der Waals surface area (Å²) >= 11 is 0. The van der Waals surface area contributed by atoms with Gasteiger partial charge in [-0.3, -0.25) is 0 Å². The van der Waals surface area contributed by atoms with Crippen LogP contribution in [0.15, 0.2) is 30.3 Å². The molecule has 0 aromatic heterocycles. The van der Waals surface area contributed by atoms with Crippen molar-refractivity contribution in [2.24, 2.45) is 5.41 Å². The van der Waals surface area contributed by atoms with Crippen LogP contribution in [0.5, 0.6) is 0 Å². The minimum absolute atomic E-state index is 0.511. The van der Waals surface area contributed by atoms with E-state index >= 15 is 0 Å². The average Bonchev–Trinajstić information content (AvgIpc) is 2.85. The van der Waals surface area contributed by atoms with Gasteiger partial charge in [0.1, 0.15) is 0 Å². The number of nitrogens with one attached hydrogen (secondary N) is 1. The molecular weight excluding hydrogens is 232 g/mol. The highest BCUT2D eigenvalue weighted by molar-refractivity contribution is 5.25. The van der Waals surface area contributed by atoms with Gasteiger partial charge in [-0.15, -0.1) is 0 Å². The lowest BCUT2D eigenvalue weighted by Crippen LogP contribution is -2.45. The molecule has 2 heterocycles. The summed E-state index contributed by atoms with van der Waals surface area (Å²) < 4.78 is 0. The van der Waals surface area contributed by atoms with E-state index in [0.717, 1.165) is 6.54 Å². The molecule has 1 aromatic carbocycles. The van der Waals surface area contributed by atoms with Crippen molar-refractivity contribution in [3.63, 3.8) is 0 Å². The molecule has 2 heteroatoms. The van der Waals surface area contributed by atoms with E-state index in [0.29, 0.717) is 17.4 Å². The first-order valence-corrected chi connectivity index (χ1v) is 7.71. The number of likely N-dealkylation sites (tertiary alicyclic amines) is 1. The molecule has 2 nitrogen and oxygen atoms in total. The predicted octanol–water partition coefficient (Wildman–Crippen LogP) is 2.86. The molecule has 1 spiro atoms. The Balaban J connectivity index is 1.86. The lowest BCUT2D eigenvalue weighted by Gasteiger charge is -2.42. The molecule has 2 fully saturated rings. The van der Waals surface area contributed by atoms with Crippen molar-refractivity contribution in [3.05, 3.63) is 35.9 Å². The second-order valence-corrected chi connectivity index (χ2v) is 6.59. The van der Waals surface area contributed by atoms with Gasteiger partial charge >= 0.3 is 0 Å². The fourth-order valence-corrected chi connectivity index (χ4v) is 3.99. The van der Waals surface area contributed by atoms with Crippen molar-refractivity contribution >= 4 is 0 Å². The van der Waals surface area contributed by atoms with E-state index in [1.165, 1.54) is 38.0 Å². The molecule has 104 valence electrons. The van der Waals surface area contributed by atoms with Crippen LogP contribution < -0.4 is 5.32 Å². The molecule has 0 saturated carbocycles. The lowest BCUT2D eigenvalue weighted by atomic mass is 9.67. The van der Waals surface area contributed by atoms with E-state index in [9.17, 15) is 0 Å². The monoisotopic (exact) mass is 258 g/mol. The number of hydrogen-bond acceptors (Lipinski definition) is 2. The number of rotatable bonds is 2. The summed E-state index contributed by atoms with van der Waals surface area (Å²) in [5.41, 5.74) is 2.04. The number of piperidine rings is 1. The summed E-state index contributed by atoms with van der Waals surface area (Å²) in [7, 11) is 0. The molecule has 0 bridgehead atoms. The Kier molecular flexibility index (Phi) is 3.64. The van der Waals surface area contributed by atoms with E-state index in [1.807, 2.05) is 0 Å². The quantitative estimate of drug-likeness (QED) is 0.877. The topological polar surface area (TPSA) is 15.3 Å². The van der Waals surface area contributed by atoms with Crippen LogP contribution in [0, 0.1) is 5.41 Å². The van der Waals surface area contributed by atoms with Crippen LogP contribution in [-0.4, -0.2) is 37.1 Å². The molecule has 0 radical (unpaired) electrons. The zero-order valence-electron chi connectivity index (χ0n) is 12.2. The van der Waals surface area contributed by atoms with Gasteiger partial charge in [0.2, 0.25) is 0 Å². The van der Waals surface area contributed by atoms with Crippen molar-refractivity contribution in [1.29, 1.82) is 0 Å². The van der Waals surface area contributed by atoms with Crippen LogP contribution in [0.2, 0.25) is 0 Å². The molecule has 1 aromatic rings. The third kappa shape index (κ3) is 2.44. The van der Waals surface area contributed by atoms with E-state index in [1.54, 1.807) is 0 Å². The van der Waals surface area contributed by atoms with Gasteiger partial charge < -0.3 is 10.2 Å². The standard InChI is InChI=1S/C17H26N2/c1-14(2)19-11-9-17(13-19)8-10-18-12-16(17)15-6-4-3-5-7-15/h3-7,14,16,18H,8-13H2,1-2H3. The van der Waals surface area contributed by atoms with Gasteiger partial charge in [-0.25, -0.2) is 0 Å². The third-order valence-electron chi connectivity index (χ3n) is 5.23. The minimum Gasteiger partial charge on any atom is -0.316 e. The van der Waals surface area contributed by atoms with Gasteiger partial charge in [0.25, 0.3) is 0 Å². The maximum atomic E-state index is 3.61. The first kappa shape index (κ1) is 13.1. The van der Waals surface area contributed by atoms with Gasteiger partial charge in [-0.1, -0.05) is 30.3 Å². The smallest absolute Gasteiger partial charge is 0.00480 e. The summed E-state index contributed by atoms with van der Waals surface area (Å²) in [6.07, 6.45) is 2.70. The van der Waals surface area contributed by atoms with Crippen molar-refractivity contribution in [3.8, 4) is 0 Å². The zero-order valence-corrected chi connectivity index (χ0v) is 12.2. The van der Waals surface area contributed by atoms with Crippen LogP contribution in [0.4, 0.5) is 0 Å². The lowest BCUT2D eigenvalue weighted by molar-refractivity contribution is 0.152. The predicted molar refractivity (Wildman–Crippen MR) is 80.4 cm³/mol. The summed E-state index contributed by atoms with van der Waals surface area (Å²) in [6.45, 7) is 9.56. The maximum Gasteiger partial charge on any atom is 0.00480 e. The van der Waals surface area contributed by atoms with Crippen molar-refractivity contribution in [2.45, 2.75) is 38.6 Å². The Morgan fingerprint density at radius 2 is 2.00 bits per heavy atom. The van der Waals surface area contributed by atoms with Crippen molar-refractivity contribution in [1.82, 2.24) is 10.2 Å². The molecular formula is C17H26N2. The normalized spacial score (nSPS) is 32.3. The second-order valence-electron chi connectivity index (χ2n) is 6.59. The van der Waals surface area contributed by atoms with Crippen LogP contribution in [0.3, 0.4) is 0 Å².